The molecule has 0 spiro atoms. The molecule has 5 fully saturated rings. The Balaban J connectivity index is 1.12. The molecule has 0 radical (unpaired) electrons. The summed E-state index contributed by atoms with van der Waals surface area (Å²) in [5.41, 5.74) is 0.975. The van der Waals surface area contributed by atoms with E-state index >= 15 is 0 Å². The summed E-state index contributed by atoms with van der Waals surface area (Å²) in [6, 6.07) is 11.1. The van der Waals surface area contributed by atoms with E-state index < -0.39 is 11.6 Å². The van der Waals surface area contributed by atoms with E-state index in [1.54, 1.807) is 18.2 Å². The summed E-state index contributed by atoms with van der Waals surface area (Å²) in [6.07, 6.45) is 4.72. The molecule has 1 aromatic carbocycles. The largest absolute Gasteiger partial charge is 0.496 e. The second-order valence-electron chi connectivity index (χ2n) is 11.8. The average molecular weight is 521 g/mol. The Morgan fingerprint density at radius 1 is 1.11 bits per heavy atom. The normalized spacial score (nSPS) is 31.8. The summed E-state index contributed by atoms with van der Waals surface area (Å²) in [4.78, 5) is 33.9. The SMILES string of the molecule is COc1cc(N2CCN(c3cccc(C(=O)NC4C5CC6CC4CC(O)(C6)C5)n3)[C@H](C)C2)ccc1C(=O)O. The highest BCUT2D eigenvalue weighted by Crippen LogP contribution is 2.55. The number of nitrogens with one attached hydrogen (secondary N) is 1. The van der Waals surface area contributed by atoms with Gasteiger partial charge < -0.3 is 30.1 Å². The number of hydrogen-bond acceptors (Lipinski definition) is 7. The molecule has 7 rings (SSSR count). The molecule has 1 aliphatic heterocycles. The van der Waals surface area contributed by atoms with E-state index in [4.69, 9.17) is 9.72 Å². The van der Waals surface area contributed by atoms with Crippen LogP contribution in [-0.2, 0) is 0 Å². The van der Waals surface area contributed by atoms with Crippen molar-refractivity contribution in [2.75, 3.05) is 36.5 Å². The Morgan fingerprint density at radius 3 is 2.53 bits per heavy atom. The van der Waals surface area contributed by atoms with Crippen LogP contribution in [0.5, 0.6) is 5.75 Å². The average Bonchev–Trinajstić information content (AvgIpc) is 2.89. The van der Waals surface area contributed by atoms with E-state index in [1.165, 1.54) is 7.11 Å². The summed E-state index contributed by atoms with van der Waals surface area (Å²) < 4.78 is 5.30. The lowest BCUT2D eigenvalue weighted by Crippen LogP contribution is -2.61. The molecule has 4 saturated carbocycles. The Hall–Kier alpha value is -3.33. The van der Waals surface area contributed by atoms with Gasteiger partial charge in [-0.15, -0.1) is 0 Å². The van der Waals surface area contributed by atoms with Gasteiger partial charge >= 0.3 is 5.97 Å². The lowest BCUT2D eigenvalue weighted by molar-refractivity contribution is -0.136. The van der Waals surface area contributed by atoms with Gasteiger partial charge in [0.05, 0.1) is 12.7 Å². The van der Waals surface area contributed by atoms with Crippen LogP contribution in [0.2, 0.25) is 0 Å². The monoisotopic (exact) mass is 520 g/mol. The van der Waals surface area contributed by atoms with Crippen LogP contribution in [0.4, 0.5) is 11.5 Å². The molecule has 4 bridgehead atoms. The van der Waals surface area contributed by atoms with E-state index in [0.29, 0.717) is 29.2 Å². The highest BCUT2D eigenvalue weighted by atomic mass is 16.5. The molecule has 4 aliphatic carbocycles. The Morgan fingerprint density at radius 2 is 1.87 bits per heavy atom. The fourth-order valence-electron chi connectivity index (χ4n) is 7.74. The lowest BCUT2D eigenvalue weighted by Gasteiger charge is -2.58. The van der Waals surface area contributed by atoms with Gasteiger partial charge in [-0.25, -0.2) is 9.78 Å². The minimum absolute atomic E-state index is 0.122. The van der Waals surface area contributed by atoms with E-state index in [2.05, 4.69) is 22.0 Å². The zero-order valence-corrected chi connectivity index (χ0v) is 22.0. The highest BCUT2D eigenvalue weighted by Gasteiger charge is 2.55. The molecule has 9 nitrogen and oxygen atoms in total. The molecule has 2 aromatic rings. The predicted molar refractivity (Wildman–Crippen MR) is 143 cm³/mol. The van der Waals surface area contributed by atoms with Crippen molar-refractivity contribution in [3.63, 3.8) is 0 Å². The number of anilines is 2. The number of rotatable bonds is 6. The van der Waals surface area contributed by atoms with E-state index in [1.807, 2.05) is 18.2 Å². The highest BCUT2D eigenvalue weighted by molar-refractivity contribution is 5.93. The van der Waals surface area contributed by atoms with Crippen molar-refractivity contribution < 1.29 is 24.5 Å². The Bertz CT molecular complexity index is 1240. The second-order valence-corrected chi connectivity index (χ2v) is 11.8. The number of benzene rings is 1. The summed E-state index contributed by atoms with van der Waals surface area (Å²) in [5.74, 6) is 1.30. The number of piperazine rings is 1. The maximum atomic E-state index is 13.3. The number of methoxy groups -OCH3 is 1. The lowest BCUT2D eigenvalue weighted by atomic mass is 9.52. The van der Waals surface area contributed by atoms with E-state index in [-0.39, 0.29) is 23.6 Å². The molecule has 202 valence electrons. The number of nitrogens with zero attached hydrogens (tertiary/aromatic N) is 3. The van der Waals surface area contributed by atoms with Gasteiger partial charge in [0.2, 0.25) is 0 Å². The van der Waals surface area contributed by atoms with Gasteiger partial charge in [0.25, 0.3) is 5.91 Å². The first-order valence-electron chi connectivity index (χ1n) is 13.7. The van der Waals surface area contributed by atoms with Crippen LogP contribution in [0, 0.1) is 17.8 Å². The fraction of sp³-hybridized carbons (Fsp3) is 0.552. The topological polar surface area (TPSA) is 115 Å². The molecule has 9 heteroatoms. The third-order valence-electron chi connectivity index (χ3n) is 9.21. The molecule has 3 N–H and O–H groups in total. The number of carboxylic acids is 1. The first kappa shape index (κ1) is 25.0. The quantitative estimate of drug-likeness (QED) is 0.532. The standard InChI is InChI=1S/C29H36N4O5/c1-17-16-32(21-6-7-22(28(35)36)24(12-21)38-2)8-9-33(17)25-5-3-4-23(30-25)27(34)31-26-19-10-18-11-20(26)15-29(37,13-18)14-19/h3-7,12,17-20,26,37H,8-11,13-16H2,1-2H3,(H,31,34)(H,35,36)/t17-,18?,19?,20?,26?,29?/m1/s1. The smallest absolute Gasteiger partial charge is 0.339 e. The van der Waals surface area contributed by atoms with Crippen molar-refractivity contribution in [3.05, 3.63) is 47.7 Å². The van der Waals surface area contributed by atoms with Crippen LogP contribution < -0.4 is 19.9 Å². The number of ether oxygens (including phenoxy) is 1. The van der Waals surface area contributed by atoms with Gasteiger partial charge in [0, 0.05) is 43.5 Å². The molecule has 1 aromatic heterocycles. The van der Waals surface area contributed by atoms with Gasteiger partial charge in [-0.3, -0.25) is 4.79 Å². The molecule has 1 amide bonds. The molecular formula is C29H36N4O5. The maximum absolute atomic E-state index is 13.3. The Labute approximate surface area is 222 Å². The van der Waals surface area contributed by atoms with Crippen molar-refractivity contribution in [1.82, 2.24) is 10.3 Å². The summed E-state index contributed by atoms with van der Waals surface area (Å²) in [7, 11) is 1.48. The molecule has 1 saturated heterocycles. The molecule has 2 unspecified atom stereocenters. The van der Waals surface area contributed by atoms with Crippen molar-refractivity contribution in [1.29, 1.82) is 0 Å². The van der Waals surface area contributed by atoms with Crippen LogP contribution in [-0.4, -0.2) is 71.5 Å². The molecule has 5 aliphatic rings. The van der Waals surface area contributed by atoms with E-state index in [0.717, 1.165) is 63.2 Å². The maximum Gasteiger partial charge on any atom is 0.339 e. The number of aromatic nitrogens is 1. The van der Waals surface area contributed by atoms with Crippen molar-refractivity contribution in [3.8, 4) is 5.75 Å². The molecular weight excluding hydrogens is 484 g/mol. The number of hydrogen-bond donors (Lipinski definition) is 3. The first-order valence-corrected chi connectivity index (χ1v) is 13.7. The zero-order valence-electron chi connectivity index (χ0n) is 22.0. The molecule has 38 heavy (non-hydrogen) atoms. The second kappa shape index (κ2) is 9.45. The number of amides is 1. The number of carbonyl (C=O) groups is 2. The summed E-state index contributed by atoms with van der Waals surface area (Å²) in [5, 5.41) is 23.5. The third kappa shape index (κ3) is 4.46. The van der Waals surface area contributed by atoms with Gasteiger partial charge in [-0.05, 0) is 81.0 Å². The van der Waals surface area contributed by atoms with Crippen molar-refractivity contribution >= 4 is 23.4 Å². The molecule has 3 atom stereocenters. The van der Waals surface area contributed by atoms with Crippen LogP contribution in [0.25, 0.3) is 0 Å². The van der Waals surface area contributed by atoms with Crippen molar-refractivity contribution in [2.45, 2.75) is 56.7 Å². The van der Waals surface area contributed by atoms with Crippen LogP contribution in [0.3, 0.4) is 0 Å². The predicted octanol–water partition coefficient (Wildman–Crippen LogP) is 3.17. The van der Waals surface area contributed by atoms with Gasteiger partial charge in [0.15, 0.2) is 0 Å². The number of pyridine rings is 1. The third-order valence-corrected chi connectivity index (χ3v) is 9.21. The van der Waals surface area contributed by atoms with Gasteiger partial charge in [-0.2, -0.15) is 0 Å². The minimum atomic E-state index is -1.01. The summed E-state index contributed by atoms with van der Waals surface area (Å²) >= 11 is 0. The first-order chi connectivity index (χ1) is 18.2. The van der Waals surface area contributed by atoms with Crippen LogP contribution in [0.1, 0.15) is 59.9 Å². The van der Waals surface area contributed by atoms with Gasteiger partial charge in [-0.1, -0.05) is 6.07 Å². The number of aliphatic hydroxyl groups is 1. The number of carbonyl (C=O) groups excluding carboxylic acids is 1. The van der Waals surface area contributed by atoms with E-state index in [9.17, 15) is 19.8 Å². The Kier molecular flexibility index (Phi) is 6.21. The van der Waals surface area contributed by atoms with Crippen LogP contribution >= 0.6 is 0 Å². The number of carboxylic acid groups (broad SMARTS) is 1. The fourth-order valence-corrected chi connectivity index (χ4v) is 7.74. The van der Waals surface area contributed by atoms with Gasteiger partial charge in [0.1, 0.15) is 22.8 Å². The number of aromatic carboxylic acids is 1. The van der Waals surface area contributed by atoms with Crippen LogP contribution in [0.15, 0.2) is 36.4 Å². The zero-order chi connectivity index (χ0) is 26.6. The summed E-state index contributed by atoms with van der Waals surface area (Å²) in [6.45, 7) is 4.30. The van der Waals surface area contributed by atoms with Crippen molar-refractivity contribution in [2.24, 2.45) is 17.8 Å². The minimum Gasteiger partial charge on any atom is -0.496 e. The molecule has 2 heterocycles.